The van der Waals surface area contributed by atoms with Crippen LogP contribution in [0, 0.1) is 6.92 Å². The van der Waals surface area contributed by atoms with E-state index < -0.39 is 12.5 Å². The van der Waals surface area contributed by atoms with Gasteiger partial charge >= 0.3 is 0 Å². The molecule has 2 aromatic heterocycles. The number of halogens is 2. The van der Waals surface area contributed by atoms with Gasteiger partial charge in [0.2, 0.25) is 0 Å². The van der Waals surface area contributed by atoms with Crippen LogP contribution in [-0.2, 0) is 10.7 Å². The molecule has 0 saturated carbocycles. The highest BCUT2D eigenvalue weighted by atomic mass is 19.3. The number of aromatic nitrogens is 3. The lowest BCUT2D eigenvalue weighted by molar-refractivity contribution is -0.0556. The molecular formula is C22H25F2N5O3. The van der Waals surface area contributed by atoms with Crippen LogP contribution in [0.5, 0.6) is 0 Å². The number of aryl methyl sites for hydroxylation is 1. The quantitative estimate of drug-likeness (QED) is 0.602. The zero-order valence-corrected chi connectivity index (χ0v) is 17.9. The summed E-state index contributed by atoms with van der Waals surface area (Å²) in [5.41, 5.74) is 0.662. The Kier molecular flexibility index (Phi) is 6.07. The first-order chi connectivity index (χ1) is 15.3. The van der Waals surface area contributed by atoms with Crippen molar-refractivity contribution in [3.05, 3.63) is 63.8 Å². The first kappa shape index (κ1) is 22.1. The lowest BCUT2D eigenvalue weighted by Crippen LogP contribution is -2.48. The predicted octanol–water partition coefficient (Wildman–Crippen LogP) is 2.33. The first-order valence-electron chi connectivity index (χ1n) is 10.4. The Morgan fingerprint density at radius 1 is 1.25 bits per heavy atom. The molecule has 1 aromatic carbocycles. The van der Waals surface area contributed by atoms with E-state index in [0.717, 1.165) is 0 Å². The van der Waals surface area contributed by atoms with Gasteiger partial charge in [0.1, 0.15) is 18.2 Å². The summed E-state index contributed by atoms with van der Waals surface area (Å²) in [5, 5.41) is 14.8. The fourth-order valence-corrected chi connectivity index (χ4v) is 3.72. The molecule has 32 heavy (non-hydrogen) atoms. The molecule has 0 unspecified atom stereocenters. The van der Waals surface area contributed by atoms with Crippen LogP contribution in [0.2, 0.25) is 0 Å². The predicted molar refractivity (Wildman–Crippen MR) is 117 cm³/mol. The van der Waals surface area contributed by atoms with Gasteiger partial charge in [0.15, 0.2) is 0 Å². The molecule has 1 saturated heterocycles. The maximum absolute atomic E-state index is 13.9. The molecule has 170 valence electrons. The number of anilines is 1. The second-order valence-corrected chi connectivity index (χ2v) is 7.79. The van der Waals surface area contributed by atoms with E-state index in [2.05, 4.69) is 15.3 Å². The number of benzene rings is 1. The normalized spacial score (nSPS) is 15.7. The summed E-state index contributed by atoms with van der Waals surface area (Å²) in [5.74, 6) is -2.33. The molecule has 1 fully saturated rings. The maximum atomic E-state index is 13.9. The van der Waals surface area contributed by atoms with Gasteiger partial charge in [-0.3, -0.25) is 4.79 Å². The first-order valence-corrected chi connectivity index (χ1v) is 10.4. The number of hydrogen-bond acceptors (Lipinski definition) is 7. The number of nitrogens with zero attached hydrogens (tertiary/aromatic N) is 4. The van der Waals surface area contributed by atoms with E-state index in [1.807, 2.05) is 11.9 Å². The standard InChI is InChI=1S/C22H25F2N5O3/c1-14(16-4-3-5-17(10-16)22(23,24)13-30)25-21-18-12-29(28-6-8-32-9-7-28)20(31)11-19(18)26-15(2)27-21/h3-5,10-12,14,30H,6-9,13H2,1-2H3,(H,25,26,27)/t14-/m1/s1. The van der Waals surface area contributed by atoms with Gasteiger partial charge in [-0.15, -0.1) is 0 Å². The molecule has 0 spiro atoms. The van der Waals surface area contributed by atoms with E-state index in [1.165, 1.54) is 24.3 Å². The van der Waals surface area contributed by atoms with Crippen LogP contribution in [0.25, 0.3) is 10.9 Å². The van der Waals surface area contributed by atoms with Crippen LogP contribution in [0.1, 0.15) is 29.9 Å². The van der Waals surface area contributed by atoms with Gasteiger partial charge in [-0.25, -0.2) is 14.6 Å². The summed E-state index contributed by atoms with van der Waals surface area (Å²) in [4.78, 5) is 21.6. The highest BCUT2D eigenvalue weighted by molar-refractivity contribution is 5.88. The van der Waals surface area contributed by atoms with Crippen molar-refractivity contribution < 1.29 is 18.6 Å². The number of rotatable bonds is 6. The minimum absolute atomic E-state index is 0.199. The second-order valence-electron chi connectivity index (χ2n) is 7.79. The second kappa shape index (κ2) is 8.79. The zero-order valence-electron chi connectivity index (χ0n) is 17.9. The fourth-order valence-electron chi connectivity index (χ4n) is 3.72. The number of pyridine rings is 1. The van der Waals surface area contributed by atoms with Gasteiger partial charge in [0, 0.05) is 23.9 Å². The molecule has 0 bridgehead atoms. The van der Waals surface area contributed by atoms with E-state index in [-0.39, 0.29) is 17.2 Å². The summed E-state index contributed by atoms with van der Waals surface area (Å²) in [6, 6.07) is 7.02. The maximum Gasteiger partial charge on any atom is 0.295 e. The number of aliphatic hydroxyl groups is 1. The van der Waals surface area contributed by atoms with Crippen LogP contribution in [0.4, 0.5) is 14.6 Å². The molecule has 3 heterocycles. The van der Waals surface area contributed by atoms with E-state index in [1.54, 1.807) is 23.9 Å². The Morgan fingerprint density at radius 2 is 2.00 bits per heavy atom. The Morgan fingerprint density at radius 3 is 2.72 bits per heavy atom. The van der Waals surface area contributed by atoms with Gasteiger partial charge in [-0.1, -0.05) is 18.2 Å². The number of alkyl halides is 2. The largest absolute Gasteiger partial charge is 0.390 e. The SMILES string of the molecule is Cc1nc(N[C@H](C)c2cccc(C(F)(F)CO)c2)c2cn(N3CCOCC3)c(=O)cc2n1. The molecule has 0 aliphatic carbocycles. The third kappa shape index (κ3) is 4.42. The van der Waals surface area contributed by atoms with Crippen molar-refractivity contribution in [3.63, 3.8) is 0 Å². The van der Waals surface area contributed by atoms with Crippen molar-refractivity contribution in [1.29, 1.82) is 0 Å². The molecule has 3 aromatic rings. The smallest absolute Gasteiger partial charge is 0.295 e. The summed E-state index contributed by atoms with van der Waals surface area (Å²) in [6.45, 7) is 4.54. The Hall–Kier alpha value is -3.11. The van der Waals surface area contributed by atoms with Gasteiger partial charge in [0.25, 0.3) is 11.5 Å². The molecule has 8 nitrogen and oxygen atoms in total. The van der Waals surface area contributed by atoms with Crippen LogP contribution < -0.4 is 15.9 Å². The van der Waals surface area contributed by atoms with E-state index in [0.29, 0.717) is 54.4 Å². The van der Waals surface area contributed by atoms with E-state index in [4.69, 9.17) is 9.84 Å². The van der Waals surface area contributed by atoms with Gasteiger partial charge in [-0.2, -0.15) is 8.78 Å². The van der Waals surface area contributed by atoms with Crippen molar-refractivity contribution in [2.45, 2.75) is 25.8 Å². The monoisotopic (exact) mass is 445 g/mol. The van der Waals surface area contributed by atoms with Crippen LogP contribution in [-0.4, -0.2) is 52.7 Å². The van der Waals surface area contributed by atoms with Crippen LogP contribution in [0.15, 0.2) is 41.3 Å². The van der Waals surface area contributed by atoms with Gasteiger partial charge < -0.3 is 20.2 Å². The third-order valence-corrected chi connectivity index (χ3v) is 5.48. The minimum Gasteiger partial charge on any atom is -0.390 e. The lowest BCUT2D eigenvalue weighted by atomic mass is 10.0. The molecule has 1 aliphatic rings. The lowest BCUT2D eigenvalue weighted by Gasteiger charge is -2.30. The molecular weight excluding hydrogens is 420 g/mol. The molecule has 1 atom stereocenters. The molecule has 2 N–H and O–H groups in total. The van der Waals surface area contributed by atoms with Crippen molar-refractivity contribution in [3.8, 4) is 0 Å². The number of nitrogens with one attached hydrogen (secondary N) is 1. The zero-order chi connectivity index (χ0) is 22.9. The fraction of sp³-hybridized carbons (Fsp3) is 0.409. The number of morpholine rings is 1. The Balaban J connectivity index is 1.71. The Labute approximate surface area is 183 Å². The number of aliphatic hydroxyl groups excluding tert-OH is 1. The van der Waals surface area contributed by atoms with Gasteiger partial charge in [0.05, 0.1) is 37.2 Å². The summed E-state index contributed by atoms with van der Waals surface area (Å²) in [6.07, 6.45) is 1.70. The Bertz CT molecular complexity index is 1180. The molecule has 0 amide bonds. The molecule has 0 radical (unpaired) electrons. The molecule has 1 aliphatic heterocycles. The number of fused-ring (bicyclic) bond motifs is 1. The van der Waals surface area contributed by atoms with Crippen molar-refractivity contribution in [1.82, 2.24) is 14.6 Å². The minimum atomic E-state index is -3.32. The average molecular weight is 445 g/mol. The number of ether oxygens (including phenoxy) is 1. The molecule has 4 rings (SSSR count). The number of hydrogen-bond donors (Lipinski definition) is 2. The summed E-state index contributed by atoms with van der Waals surface area (Å²) < 4.78 is 34.8. The van der Waals surface area contributed by atoms with E-state index in [9.17, 15) is 13.6 Å². The topological polar surface area (TPSA) is 92.5 Å². The summed E-state index contributed by atoms with van der Waals surface area (Å²) in [7, 11) is 0. The van der Waals surface area contributed by atoms with Crippen LogP contribution >= 0.6 is 0 Å². The van der Waals surface area contributed by atoms with Crippen molar-refractivity contribution in [2.75, 3.05) is 43.2 Å². The van der Waals surface area contributed by atoms with Gasteiger partial charge in [-0.05, 0) is 25.5 Å². The molecule has 10 heteroatoms. The highest BCUT2D eigenvalue weighted by Crippen LogP contribution is 2.30. The van der Waals surface area contributed by atoms with Crippen LogP contribution in [0.3, 0.4) is 0 Å². The highest BCUT2D eigenvalue weighted by Gasteiger charge is 2.30. The van der Waals surface area contributed by atoms with E-state index >= 15 is 0 Å². The third-order valence-electron chi connectivity index (χ3n) is 5.48. The average Bonchev–Trinajstić information content (AvgIpc) is 2.79. The van der Waals surface area contributed by atoms with Crippen molar-refractivity contribution in [2.24, 2.45) is 0 Å². The summed E-state index contributed by atoms with van der Waals surface area (Å²) >= 11 is 0. The van der Waals surface area contributed by atoms with Crippen molar-refractivity contribution >= 4 is 16.7 Å².